The first-order valence-corrected chi connectivity index (χ1v) is 4.49. The maximum atomic E-state index is 11.5. The van der Waals surface area contributed by atoms with Gasteiger partial charge in [-0.3, -0.25) is 4.79 Å². The first-order chi connectivity index (χ1) is 6.31. The first kappa shape index (κ1) is 8.30. The summed E-state index contributed by atoms with van der Waals surface area (Å²) in [6.45, 7) is 0. The van der Waals surface area contributed by atoms with Gasteiger partial charge in [0.15, 0.2) is 5.75 Å². The molecule has 13 heavy (non-hydrogen) atoms. The lowest BCUT2D eigenvalue weighted by atomic mass is 10.2. The van der Waals surface area contributed by atoms with Gasteiger partial charge in [0, 0.05) is 0 Å². The van der Waals surface area contributed by atoms with Crippen LogP contribution in [0.25, 0.3) is 0 Å². The number of hydrogen-bond acceptors (Lipinski definition) is 2. The summed E-state index contributed by atoms with van der Waals surface area (Å²) in [7, 11) is 1.52. The zero-order valence-electron chi connectivity index (χ0n) is 7.62. The lowest BCUT2D eigenvalue weighted by Gasteiger charge is -1.91. The second kappa shape index (κ2) is 3.21. The number of hydrogen-bond donors (Lipinski definition) is 0. The lowest BCUT2D eigenvalue weighted by molar-refractivity contribution is 0.411. The molecule has 2 nitrogen and oxygen atoms in total. The summed E-state index contributed by atoms with van der Waals surface area (Å²) in [5.74, 6) is 1.04. The molecule has 0 radical (unpaired) electrons. The van der Waals surface area contributed by atoms with Crippen LogP contribution in [0, 0.1) is 0 Å². The molecule has 0 spiro atoms. The van der Waals surface area contributed by atoms with Crippen LogP contribution in [-0.2, 0) is 0 Å². The number of methoxy groups -OCH3 is 1. The molecule has 1 fully saturated rings. The first-order valence-electron chi connectivity index (χ1n) is 4.49. The molecule has 0 aliphatic heterocycles. The topological polar surface area (TPSA) is 26.3 Å². The fraction of sp³-hybridized carbons (Fsp3) is 0.364. The van der Waals surface area contributed by atoms with E-state index in [1.165, 1.54) is 20.0 Å². The molecule has 1 aliphatic rings. The summed E-state index contributed by atoms with van der Waals surface area (Å²) >= 11 is 0. The Kier molecular flexibility index (Phi) is 2.05. The average molecular weight is 176 g/mol. The summed E-state index contributed by atoms with van der Waals surface area (Å²) in [5.41, 5.74) is 1.13. The maximum absolute atomic E-state index is 11.5. The molecule has 0 bridgehead atoms. The molecule has 68 valence electrons. The third-order valence-corrected chi connectivity index (χ3v) is 2.35. The van der Waals surface area contributed by atoms with Crippen molar-refractivity contribution in [1.82, 2.24) is 0 Å². The van der Waals surface area contributed by atoms with Crippen molar-refractivity contribution in [1.29, 1.82) is 0 Å². The Hall–Kier alpha value is -1.31. The van der Waals surface area contributed by atoms with Crippen molar-refractivity contribution >= 4 is 0 Å². The number of rotatable bonds is 2. The predicted octanol–water partition coefficient (Wildman–Crippen LogP) is 1.93. The Morgan fingerprint density at radius 1 is 1.38 bits per heavy atom. The highest BCUT2D eigenvalue weighted by Crippen LogP contribution is 2.39. The van der Waals surface area contributed by atoms with E-state index >= 15 is 0 Å². The van der Waals surface area contributed by atoms with Gasteiger partial charge in [-0.1, -0.05) is 12.1 Å². The molecular weight excluding hydrogens is 164 g/mol. The molecule has 2 rings (SSSR count). The molecule has 0 atom stereocenters. The van der Waals surface area contributed by atoms with Crippen LogP contribution in [0.2, 0.25) is 0 Å². The summed E-state index contributed by atoms with van der Waals surface area (Å²) in [5, 5.41) is 0. The predicted molar refractivity (Wildman–Crippen MR) is 51.2 cm³/mol. The molecule has 0 unspecified atom stereocenters. The van der Waals surface area contributed by atoms with E-state index in [-0.39, 0.29) is 5.43 Å². The van der Waals surface area contributed by atoms with E-state index in [0.29, 0.717) is 11.7 Å². The maximum Gasteiger partial charge on any atom is 0.220 e. The van der Waals surface area contributed by atoms with E-state index in [4.69, 9.17) is 4.74 Å². The van der Waals surface area contributed by atoms with Gasteiger partial charge in [0.2, 0.25) is 5.43 Å². The van der Waals surface area contributed by atoms with Crippen LogP contribution in [0.1, 0.15) is 24.3 Å². The standard InChI is InChI=1S/C11H12O2/c1-13-11-4-2-3-9(7-10(11)12)8-5-6-8/h2-4,7-8H,5-6H2,1H3. The summed E-state index contributed by atoms with van der Waals surface area (Å²) in [4.78, 5) is 11.5. The SMILES string of the molecule is COc1cccc(C2CC2)cc1=O. The summed E-state index contributed by atoms with van der Waals surface area (Å²) < 4.78 is 4.95. The zero-order valence-corrected chi connectivity index (χ0v) is 7.62. The molecule has 2 heteroatoms. The molecule has 1 aliphatic carbocycles. The van der Waals surface area contributed by atoms with Gasteiger partial charge in [-0.25, -0.2) is 0 Å². The fourth-order valence-electron chi connectivity index (χ4n) is 1.44. The monoisotopic (exact) mass is 176 g/mol. The molecule has 1 saturated carbocycles. The van der Waals surface area contributed by atoms with Gasteiger partial charge in [-0.05, 0) is 36.5 Å². The van der Waals surface area contributed by atoms with Gasteiger partial charge < -0.3 is 4.74 Å². The van der Waals surface area contributed by atoms with Crippen molar-refractivity contribution in [3.05, 3.63) is 40.1 Å². The highest BCUT2D eigenvalue weighted by Gasteiger charge is 2.23. The van der Waals surface area contributed by atoms with Crippen molar-refractivity contribution in [2.24, 2.45) is 0 Å². The Morgan fingerprint density at radius 3 is 2.77 bits per heavy atom. The van der Waals surface area contributed by atoms with E-state index in [9.17, 15) is 4.79 Å². The van der Waals surface area contributed by atoms with Crippen LogP contribution in [0.15, 0.2) is 29.1 Å². The van der Waals surface area contributed by atoms with Crippen LogP contribution < -0.4 is 10.2 Å². The van der Waals surface area contributed by atoms with E-state index in [1.807, 2.05) is 12.1 Å². The third kappa shape index (κ3) is 1.72. The van der Waals surface area contributed by atoms with Crippen LogP contribution in [0.4, 0.5) is 0 Å². The summed E-state index contributed by atoms with van der Waals surface area (Å²) in [6.07, 6.45) is 2.43. The van der Waals surface area contributed by atoms with Crippen molar-refractivity contribution in [2.75, 3.05) is 7.11 Å². The minimum absolute atomic E-state index is 0.0191. The van der Waals surface area contributed by atoms with Crippen LogP contribution >= 0.6 is 0 Å². The van der Waals surface area contributed by atoms with Gasteiger partial charge >= 0.3 is 0 Å². The van der Waals surface area contributed by atoms with E-state index in [0.717, 1.165) is 5.56 Å². The molecule has 1 aromatic carbocycles. The van der Waals surface area contributed by atoms with Crippen molar-refractivity contribution in [3.63, 3.8) is 0 Å². The van der Waals surface area contributed by atoms with Gasteiger partial charge in [0.25, 0.3) is 0 Å². The normalized spacial score (nSPS) is 15.5. The highest BCUT2D eigenvalue weighted by molar-refractivity contribution is 5.29. The zero-order chi connectivity index (χ0) is 9.26. The van der Waals surface area contributed by atoms with E-state index in [2.05, 4.69) is 0 Å². The molecule has 0 aromatic heterocycles. The van der Waals surface area contributed by atoms with Gasteiger partial charge in [0.1, 0.15) is 0 Å². The largest absolute Gasteiger partial charge is 0.493 e. The van der Waals surface area contributed by atoms with Gasteiger partial charge in [0.05, 0.1) is 7.11 Å². The minimum Gasteiger partial charge on any atom is -0.493 e. The molecule has 0 heterocycles. The van der Waals surface area contributed by atoms with Crippen molar-refractivity contribution in [3.8, 4) is 5.75 Å². The summed E-state index contributed by atoms with van der Waals surface area (Å²) in [6, 6.07) is 7.29. The molecule has 0 N–H and O–H groups in total. The minimum atomic E-state index is -0.0191. The van der Waals surface area contributed by atoms with E-state index in [1.54, 1.807) is 12.1 Å². The van der Waals surface area contributed by atoms with Gasteiger partial charge in [-0.15, -0.1) is 0 Å². The Bertz CT molecular complexity index is 367. The second-order valence-corrected chi connectivity index (χ2v) is 3.38. The Balaban J connectivity index is 2.48. The Morgan fingerprint density at radius 2 is 2.15 bits per heavy atom. The number of ether oxygens (including phenoxy) is 1. The van der Waals surface area contributed by atoms with Gasteiger partial charge in [-0.2, -0.15) is 0 Å². The van der Waals surface area contributed by atoms with Crippen LogP contribution in [0.3, 0.4) is 0 Å². The van der Waals surface area contributed by atoms with E-state index < -0.39 is 0 Å². The lowest BCUT2D eigenvalue weighted by Crippen LogP contribution is -2.00. The molecule has 0 saturated heterocycles. The van der Waals surface area contributed by atoms with Crippen molar-refractivity contribution < 1.29 is 4.74 Å². The molecule has 1 aromatic rings. The average Bonchev–Trinajstić information content (AvgIpc) is 2.89. The third-order valence-electron chi connectivity index (χ3n) is 2.35. The van der Waals surface area contributed by atoms with Crippen LogP contribution in [0.5, 0.6) is 5.75 Å². The molecule has 0 amide bonds. The highest BCUT2D eigenvalue weighted by atomic mass is 16.5. The molecular formula is C11H12O2. The smallest absolute Gasteiger partial charge is 0.220 e. The Labute approximate surface area is 77.2 Å². The van der Waals surface area contributed by atoms with Crippen molar-refractivity contribution in [2.45, 2.75) is 18.8 Å². The fourth-order valence-corrected chi connectivity index (χ4v) is 1.44. The quantitative estimate of drug-likeness (QED) is 0.688. The van der Waals surface area contributed by atoms with Crippen LogP contribution in [-0.4, -0.2) is 7.11 Å². The second-order valence-electron chi connectivity index (χ2n) is 3.38.